The highest BCUT2D eigenvalue weighted by atomic mass is 35.5. The van der Waals surface area contributed by atoms with E-state index < -0.39 is 0 Å². The van der Waals surface area contributed by atoms with Crippen LogP contribution in [0.15, 0.2) is 30.3 Å². The lowest BCUT2D eigenvalue weighted by atomic mass is 10.2. The number of halogens is 1. The van der Waals surface area contributed by atoms with Crippen molar-refractivity contribution < 1.29 is 18.9 Å². The highest BCUT2D eigenvalue weighted by Crippen LogP contribution is 2.36. The van der Waals surface area contributed by atoms with Crippen molar-refractivity contribution in [3.05, 3.63) is 40.9 Å². The normalized spacial score (nSPS) is 12.1. The smallest absolute Gasteiger partial charge is 0.231 e. The second-order valence-corrected chi connectivity index (χ2v) is 5.77. The van der Waals surface area contributed by atoms with E-state index in [1.54, 1.807) is 13.2 Å². The largest absolute Gasteiger partial charge is 0.493 e. The van der Waals surface area contributed by atoms with Crippen LogP contribution in [0.1, 0.15) is 18.9 Å². The fourth-order valence-electron chi connectivity index (χ4n) is 2.40. The summed E-state index contributed by atoms with van der Waals surface area (Å²) in [6.45, 7) is 3.50. The monoisotopic (exact) mass is 349 g/mol. The molecule has 0 unspecified atom stereocenters. The molecule has 0 saturated heterocycles. The van der Waals surface area contributed by atoms with E-state index >= 15 is 0 Å². The van der Waals surface area contributed by atoms with E-state index in [9.17, 15) is 0 Å². The SMILES string of the molecule is CCCOc1cc(Cl)c(CNc2ccc3c(c2)OCO3)cc1OC. The molecule has 1 aliphatic rings. The first-order valence-electron chi connectivity index (χ1n) is 7.84. The zero-order valence-electron chi connectivity index (χ0n) is 13.7. The number of hydrogen-bond donors (Lipinski definition) is 1. The second-order valence-electron chi connectivity index (χ2n) is 5.36. The third-order valence-corrected chi connectivity index (χ3v) is 4.00. The third kappa shape index (κ3) is 3.62. The molecule has 0 atom stereocenters. The molecule has 0 saturated carbocycles. The molecular formula is C18H20ClNO4. The predicted molar refractivity (Wildman–Crippen MR) is 93.7 cm³/mol. The molecule has 0 bridgehead atoms. The Kier molecular flexibility index (Phi) is 5.20. The van der Waals surface area contributed by atoms with E-state index in [-0.39, 0.29) is 6.79 Å². The number of nitrogens with one attached hydrogen (secondary N) is 1. The Hall–Kier alpha value is -2.27. The van der Waals surface area contributed by atoms with Crippen molar-refractivity contribution in [1.82, 2.24) is 0 Å². The van der Waals surface area contributed by atoms with Gasteiger partial charge in [-0.3, -0.25) is 0 Å². The molecule has 6 heteroatoms. The van der Waals surface area contributed by atoms with Gasteiger partial charge in [0.1, 0.15) is 0 Å². The summed E-state index contributed by atoms with van der Waals surface area (Å²) in [4.78, 5) is 0. The number of rotatable bonds is 7. The maximum Gasteiger partial charge on any atom is 0.231 e. The van der Waals surface area contributed by atoms with E-state index in [1.165, 1.54) is 0 Å². The van der Waals surface area contributed by atoms with Crippen molar-refractivity contribution in [3.8, 4) is 23.0 Å². The van der Waals surface area contributed by atoms with Crippen molar-refractivity contribution in [2.75, 3.05) is 25.8 Å². The molecule has 0 spiro atoms. The molecule has 0 aromatic heterocycles. The van der Waals surface area contributed by atoms with E-state index in [1.807, 2.05) is 24.3 Å². The average molecular weight is 350 g/mol. The van der Waals surface area contributed by atoms with Gasteiger partial charge in [-0.15, -0.1) is 0 Å². The van der Waals surface area contributed by atoms with Crippen molar-refractivity contribution in [2.24, 2.45) is 0 Å². The summed E-state index contributed by atoms with van der Waals surface area (Å²) >= 11 is 6.38. The first-order valence-corrected chi connectivity index (χ1v) is 8.21. The van der Waals surface area contributed by atoms with E-state index in [4.69, 9.17) is 30.5 Å². The molecule has 5 nitrogen and oxygen atoms in total. The van der Waals surface area contributed by atoms with Gasteiger partial charge in [-0.2, -0.15) is 0 Å². The van der Waals surface area contributed by atoms with Gasteiger partial charge in [0.15, 0.2) is 23.0 Å². The van der Waals surface area contributed by atoms with E-state index in [0.29, 0.717) is 29.7 Å². The van der Waals surface area contributed by atoms with Crippen LogP contribution in [-0.4, -0.2) is 20.5 Å². The number of methoxy groups -OCH3 is 1. The van der Waals surface area contributed by atoms with Crippen LogP contribution in [0.2, 0.25) is 5.02 Å². The molecule has 1 N–H and O–H groups in total. The summed E-state index contributed by atoms with van der Waals surface area (Å²) in [7, 11) is 1.62. The predicted octanol–water partition coefficient (Wildman–Crippen LogP) is 4.48. The molecule has 2 aromatic rings. The maximum atomic E-state index is 6.38. The summed E-state index contributed by atoms with van der Waals surface area (Å²) in [5, 5.41) is 3.96. The van der Waals surface area contributed by atoms with Crippen LogP contribution in [0.5, 0.6) is 23.0 Å². The Labute approximate surface area is 146 Å². The Morgan fingerprint density at radius 1 is 1.12 bits per heavy atom. The molecule has 0 amide bonds. The lowest BCUT2D eigenvalue weighted by Gasteiger charge is -2.14. The zero-order chi connectivity index (χ0) is 16.9. The Morgan fingerprint density at radius 2 is 1.96 bits per heavy atom. The molecule has 0 aliphatic carbocycles. The van der Waals surface area contributed by atoms with Gasteiger partial charge in [-0.25, -0.2) is 0 Å². The first kappa shape index (κ1) is 16.6. The quantitative estimate of drug-likeness (QED) is 0.798. The molecule has 2 aromatic carbocycles. The second kappa shape index (κ2) is 7.53. The van der Waals surface area contributed by atoms with Gasteiger partial charge in [-0.1, -0.05) is 18.5 Å². The number of ether oxygens (including phenoxy) is 4. The van der Waals surface area contributed by atoms with Gasteiger partial charge in [-0.05, 0) is 30.2 Å². The van der Waals surface area contributed by atoms with Crippen LogP contribution in [-0.2, 0) is 6.54 Å². The minimum atomic E-state index is 0.265. The molecule has 24 heavy (non-hydrogen) atoms. The summed E-state index contributed by atoms with van der Waals surface area (Å²) in [6, 6.07) is 9.43. The molecule has 0 fully saturated rings. The molecule has 3 rings (SSSR count). The van der Waals surface area contributed by atoms with Crippen LogP contribution in [0.4, 0.5) is 5.69 Å². The highest BCUT2D eigenvalue weighted by Gasteiger charge is 2.14. The lowest BCUT2D eigenvalue weighted by molar-refractivity contribution is 0.174. The van der Waals surface area contributed by atoms with Crippen molar-refractivity contribution in [1.29, 1.82) is 0 Å². The highest BCUT2D eigenvalue weighted by molar-refractivity contribution is 6.31. The zero-order valence-corrected chi connectivity index (χ0v) is 14.5. The fourth-order valence-corrected chi connectivity index (χ4v) is 2.62. The molecule has 0 radical (unpaired) electrons. The van der Waals surface area contributed by atoms with Crippen LogP contribution in [0.3, 0.4) is 0 Å². The number of hydrogen-bond acceptors (Lipinski definition) is 5. The van der Waals surface area contributed by atoms with Gasteiger partial charge in [0, 0.05) is 29.4 Å². The molecule has 1 heterocycles. The van der Waals surface area contributed by atoms with Crippen LogP contribution < -0.4 is 24.3 Å². The van der Waals surface area contributed by atoms with Gasteiger partial charge in [0.05, 0.1) is 13.7 Å². The van der Waals surface area contributed by atoms with Crippen LogP contribution in [0.25, 0.3) is 0 Å². The van der Waals surface area contributed by atoms with Gasteiger partial charge in [0.25, 0.3) is 0 Å². The topological polar surface area (TPSA) is 49.0 Å². The van der Waals surface area contributed by atoms with Crippen molar-refractivity contribution in [2.45, 2.75) is 19.9 Å². The minimum absolute atomic E-state index is 0.265. The lowest BCUT2D eigenvalue weighted by Crippen LogP contribution is -2.03. The Morgan fingerprint density at radius 3 is 2.75 bits per heavy atom. The average Bonchev–Trinajstić information content (AvgIpc) is 3.06. The number of anilines is 1. The number of fused-ring (bicyclic) bond motifs is 1. The standard InChI is InChI=1S/C18H20ClNO4/c1-3-6-22-18-9-14(19)12(7-16(18)21-2)10-20-13-4-5-15-17(8-13)24-11-23-15/h4-5,7-9,20H,3,6,10-11H2,1-2H3. The van der Waals surface area contributed by atoms with Crippen molar-refractivity contribution >= 4 is 17.3 Å². The fraction of sp³-hybridized carbons (Fsp3) is 0.333. The van der Waals surface area contributed by atoms with E-state index in [0.717, 1.165) is 29.2 Å². The Bertz CT molecular complexity index is 720. The van der Waals surface area contributed by atoms with Crippen molar-refractivity contribution in [3.63, 3.8) is 0 Å². The van der Waals surface area contributed by atoms with Crippen LogP contribution in [0, 0.1) is 0 Å². The summed E-state index contributed by atoms with van der Waals surface area (Å²) in [5.74, 6) is 2.84. The third-order valence-electron chi connectivity index (χ3n) is 3.65. The van der Waals surface area contributed by atoms with E-state index in [2.05, 4.69) is 12.2 Å². The van der Waals surface area contributed by atoms with Gasteiger partial charge < -0.3 is 24.3 Å². The van der Waals surface area contributed by atoms with Gasteiger partial charge >= 0.3 is 0 Å². The molecular weight excluding hydrogens is 330 g/mol. The number of benzene rings is 2. The van der Waals surface area contributed by atoms with Crippen LogP contribution >= 0.6 is 11.6 Å². The maximum absolute atomic E-state index is 6.38. The minimum Gasteiger partial charge on any atom is -0.493 e. The molecule has 1 aliphatic heterocycles. The first-order chi connectivity index (χ1) is 11.7. The van der Waals surface area contributed by atoms with Gasteiger partial charge in [0.2, 0.25) is 6.79 Å². The molecule has 128 valence electrons. The summed E-state index contributed by atoms with van der Waals surface area (Å²) in [6.07, 6.45) is 0.925. The Balaban J connectivity index is 1.72. The summed E-state index contributed by atoms with van der Waals surface area (Å²) < 4.78 is 21.8. The summed E-state index contributed by atoms with van der Waals surface area (Å²) in [5.41, 5.74) is 1.86.